The highest BCUT2D eigenvalue weighted by molar-refractivity contribution is 7.99. The van der Waals surface area contributed by atoms with Crippen molar-refractivity contribution >= 4 is 23.4 Å². The second-order valence-corrected chi connectivity index (χ2v) is 6.48. The van der Waals surface area contributed by atoms with Crippen LogP contribution in [0.3, 0.4) is 0 Å². The first-order chi connectivity index (χ1) is 11.1. The SMILES string of the molecule is CCOc1ccc(NC(=O)CSCc2cc(C)cc(C)c2)cc1. The lowest BCUT2D eigenvalue weighted by atomic mass is 10.1. The lowest BCUT2D eigenvalue weighted by Crippen LogP contribution is -2.14. The number of carbonyl (C=O) groups is 1. The Kier molecular flexibility index (Phi) is 6.53. The van der Waals surface area contributed by atoms with Crippen molar-refractivity contribution in [3.8, 4) is 5.75 Å². The smallest absolute Gasteiger partial charge is 0.234 e. The number of thioether (sulfide) groups is 1. The van der Waals surface area contributed by atoms with Crippen LogP contribution < -0.4 is 10.1 Å². The van der Waals surface area contributed by atoms with Gasteiger partial charge < -0.3 is 10.1 Å². The Hall–Kier alpha value is -1.94. The first kappa shape index (κ1) is 17.4. The number of aryl methyl sites for hydroxylation is 2. The van der Waals surface area contributed by atoms with Crippen molar-refractivity contribution in [3.63, 3.8) is 0 Å². The van der Waals surface area contributed by atoms with Crippen molar-refractivity contribution in [2.45, 2.75) is 26.5 Å². The molecule has 0 radical (unpaired) electrons. The maximum absolute atomic E-state index is 12.0. The van der Waals surface area contributed by atoms with Crippen LogP contribution in [0.4, 0.5) is 5.69 Å². The summed E-state index contributed by atoms with van der Waals surface area (Å²) in [6.07, 6.45) is 0. The number of carbonyl (C=O) groups excluding carboxylic acids is 1. The zero-order valence-corrected chi connectivity index (χ0v) is 14.7. The van der Waals surface area contributed by atoms with Gasteiger partial charge in [0.1, 0.15) is 5.75 Å². The Balaban J connectivity index is 1.78. The summed E-state index contributed by atoms with van der Waals surface area (Å²) in [6.45, 7) is 6.78. The molecular formula is C19H23NO2S. The van der Waals surface area contributed by atoms with Gasteiger partial charge in [0, 0.05) is 11.4 Å². The van der Waals surface area contributed by atoms with Crippen LogP contribution in [0.2, 0.25) is 0 Å². The largest absolute Gasteiger partial charge is 0.494 e. The number of rotatable bonds is 7. The van der Waals surface area contributed by atoms with Crippen LogP contribution in [0.1, 0.15) is 23.6 Å². The molecule has 1 N–H and O–H groups in total. The summed E-state index contributed by atoms with van der Waals surface area (Å²) in [6, 6.07) is 13.9. The quantitative estimate of drug-likeness (QED) is 0.808. The Morgan fingerprint density at radius 3 is 2.35 bits per heavy atom. The van der Waals surface area contributed by atoms with Crippen molar-refractivity contribution < 1.29 is 9.53 Å². The molecule has 0 aliphatic rings. The molecule has 3 nitrogen and oxygen atoms in total. The average molecular weight is 329 g/mol. The van der Waals surface area contributed by atoms with E-state index in [1.165, 1.54) is 16.7 Å². The molecule has 0 heterocycles. The van der Waals surface area contributed by atoms with Gasteiger partial charge in [-0.05, 0) is 50.6 Å². The third-order valence-electron chi connectivity index (χ3n) is 3.23. The summed E-state index contributed by atoms with van der Waals surface area (Å²) in [5, 5.41) is 2.90. The number of benzene rings is 2. The first-order valence-corrected chi connectivity index (χ1v) is 8.90. The fraction of sp³-hybridized carbons (Fsp3) is 0.316. The van der Waals surface area contributed by atoms with E-state index in [0.29, 0.717) is 12.4 Å². The van der Waals surface area contributed by atoms with E-state index in [9.17, 15) is 4.79 Å². The van der Waals surface area contributed by atoms with Gasteiger partial charge in [-0.2, -0.15) is 0 Å². The zero-order chi connectivity index (χ0) is 16.7. The van der Waals surface area contributed by atoms with Gasteiger partial charge in [0.25, 0.3) is 0 Å². The second-order valence-electron chi connectivity index (χ2n) is 5.49. The average Bonchev–Trinajstić information content (AvgIpc) is 2.48. The highest BCUT2D eigenvalue weighted by atomic mass is 32.2. The molecule has 0 aliphatic heterocycles. The van der Waals surface area contributed by atoms with Gasteiger partial charge in [-0.1, -0.05) is 29.3 Å². The number of anilines is 1. The molecule has 0 spiro atoms. The predicted molar refractivity (Wildman–Crippen MR) is 98.3 cm³/mol. The first-order valence-electron chi connectivity index (χ1n) is 7.74. The molecule has 0 fully saturated rings. The molecule has 0 bridgehead atoms. The fourth-order valence-corrected chi connectivity index (χ4v) is 3.17. The van der Waals surface area contributed by atoms with E-state index in [-0.39, 0.29) is 5.91 Å². The van der Waals surface area contributed by atoms with Crippen LogP contribution in [0, 0.1) is 13.8 Å². The Morgan fingerprint density at radius 2 is 1.74 bits per heavy atom. The molecule has 2 aromatic carbocycles. The number of ether oxygens (including phenoxy) is 1. The minimum atomic E-state index is 0.0172. The lowest BCUT2D eigenvalue weighted by Gasteiger charge is -2.08. The van der Waals surface area contributed by atoms with E-state index in [1.807, 2.05) is 31.2 Å². The topological polar surface area (TPSA) is 38.3 Å². The molecule has 2 rings (SSSR count). The molecule has 122 valence electrons. The van der Waals surface area contributed by atoms with Gasteiger partial charge >= 0.3 is 0 Å². The van der Waals surface area contributed by atoms with E-state index in [1.54, 1.807) is 11.8 Å². The summed E-state index contributed by atoms with van der Waals surface area (Å²) in [4.78, 5) is 12.0. The van der Waals surface area contributed by atoms with Crippen molar-refractivity contribution in [2.75, 3.05) is 17.7 Å². The maximum Gasteiger partial charge on any atom is 0.234 e. The zero-order valence-electron chi connectivity index (χ0n) is 13.9. The Morgan fingerprint density at radius 1 is 1.09 bits per heavy atom. The molecule has 0 atom stereocenters. The third-order valence-corrected chi connectivity index (χ3v) is 4.24. The van der Waals surface area contributed by atoms with Crippen LogP contribution in [-0.2, 0) is 10.5 Å². The molecule has 0 aromatic heterocycles. The molecule has 1 amide bonds. The van der Waals surface area contributed by atoms with E-state index in [0.717, 1.165) is 17.2 Å². The molecule has 0 unspecified atom stereocenters. The Labute approximate surface area is 142 Å². The number of hydrogen-bond acceptors (Lipinski definition) is 3. The van der Waals surface area contributed by atoms with Gasteiger partial charge in [0.05, 0.1) is 12.4 Å². The number of nitrogens with one attached hydrogen (secondary N) is 1. The molecule has 0 aliphatic carbocycles. The lowest BCUT2D eigenvalue weighted by molar-refractivity contribution is -0.113. The monoisotopic (exact) mass is 329 g/mol. The standard InChI is InChI=1S/C19H23NO2S/c1-4-22-18-7-5-17(6-8-18)20-19(21)13-23-12-16-10-14(2)9-15(3)11-16/h5-11H,4,12-13H2,1-3H3,(H,20,21). The molecule has 4 heteroatoms. The minimum absolute atomic E-state index is 0.0172. The van der Waals surface area contributed by atoms with Crippen LogP contribution >= 0.6 is 11.8 Å². The van der Waals surface area contributed by atoms with E-state index in [2.05, 4.69) is 37.4 Å². The normalized spacial score (nSPS) is 10.4. The maximum atomic E-state index is 12.0. The van der Waals surface area contributed by atoms with E-state index in [4.69, 9.17) is 4.74 Å². The van der Waals surface area contributed by atoms with Gasteiger partial charge in [-0.15, -0.1) is 11.8 Å². The van der Waals surface area contributed by atoms with Crippen LogP contribution in [0.15, 0.2) is 42.5 Å². The molecule has 23 heavy (non-hydrogen) atoms. The summed E-state index contributed by atoms with van der Waals surface area (Å²) in [7, 11) is 0. The highest BCUT2D eigenvalue weighted by Crippen LogP contribution is 2.18. The van der Waals surface area contributed by atoms with Gasteiger partial charge in [-0.3, -0.25) is 4.79 Å². The molecule has 0 saturated carbocycles. The molecule has 2 aromatic rings. The van der Waals surface area contributed by atoms with Crippen LogP contribution in [0.5, 0.6) is 5.75 Å². The summed E-state index contributed by atoms with van der Waals surface area (Å²) in [5.74, 6) is 2.12. The Bertz CT molecular complexity index is 633. The van der Waals surface area contributed by atoms with Gasteiger partial charge in [0.2, 0.25) is 5.91 Å². The molecule has 0 saturated heterocycles. The van der Waals surface area contributed by atoms with Crippen molar-refractivity contribution in [2.24, 2.45) is 0 Å². The summed E-state index contributed by atoms with van der Waals surface area (Å²) < 4.78 is 5.38. The highest BCUT2D eigenvalue weighted by Gasteiger charge is 2.04. The van der Waals surface area contributed by atoms with Crippen molar-refractivity contribution in [3.05, 3.63) is 59.2 Å². The van der Waals surface area contributed by atoms with Crippen molar-refractivity contribution in [1.29, 1.82) is 0 Å². The van der Waals surface area contributed by atoms with Crippen molar-refractivity contribution in [1.82, 2.24) is 0 Å². The molecular weight excluding hydrogens is 306 g/mol. The number of amides is 1. The van der Waals surface area contributed by atoms with Crippen LogP contribution in [0.25, 0.3) is 0 Å². The van der Waals surface area contributed by atoms with E-state index < -0.39 is 0 Å². The van der Waals surface area contributed by atoms with Gasteiger partial charge in [-0.25, -0.2) is 0 Å². The second kappa shape index (κ2) is 8.63. The minimum Gasteiger partial charge on any atom is -0.494 e. The third kappa shape index (κ3) is 5.99. The number of hydrogen-bond donors (Lipinski definition) is 1. The van der Waals surface area contributed by atoms with E-state index >= 15 is 0 Å². The predicted octanol–water partition coefficient (Wildman–Crippen LogP) is 4.57. The fourth-order valence-electron chi connectivity index (χ4n) is 2.41. The van der Waals surface area contributed by atoms with Gasteiger partial charge in [0.15, 0.2) is 0 Å². The summed E-state index contributed by atoms with van der Waals surface area (Å²) in [5.41, 5.74) is 4.59. The summed E-state index contributed by atoms with van der Waals surface area (Å²) >= 11 is 1.63. The van der Waals surface area contributed by atoms with Crippen LogP contribution in [-0.4, -0.2) is 18.3 Å².